The van der Waals surface area contributed by atoms with Crippen molar-refractivity contribution in [2.45, 2.75) is 41.7 Å². The summed E-state index contributed by atoms with van der Waals surface area (Å²) in [6.07, 6.45) is 4.51. The second-order valence-electron chi connectivity index (χ2n) is 6.40. The number of esters is 1. The summed E-state index contributed by atoms with van der Waals surface area (Å²) >= 11 is 12.9. The fourth-order valence-electron chi connectivity index (χ4n) is 2.99. The van der Waals surface area contributed by atoms with Gasteiger partial charge in [-0.3, -0.25) is 9.80 Å². The minimum absolute atomic E-state index is 0.244. The number of thioether (sulfide) groups is 1. The number of thiocarbonyl (C=S) groups is 1. The molecule has 5 nitrogen and oxygen atoms in total. The van der Waals surface area contributed by atoms with Crippen molar-refractivity contribution in [1.82, 2.24) is 10.4 Å². The Labute approximate surface area is 166 Å². The Morgan fingerprint density at radius 3 is 2.77 bits per heavy atom. The van der Waals surface area contributed by atoms with Gasteiger partial charge in [-0.2, -0.15) is 0 Å². The van der Waals surface area contributed by atoms with E-state index in [1.54, 1.807) is 6.07 Å². The highest BCUT2D eigenvalue weighted by atomic mass is 35.5. The first-order valence-electron chi connectivity index (χ1n) is 8.54. The highest BCUT2D eigenvalue weighted by molar-refractivity contribution is 8.01. The Kier molecular flexibility index (Phi) is 6.27. The molecule has 1 aromatic carbocycles. The number of rotatable bonds is 4. The highest BCUT2D eigenvalue weighted by Crippen LogP contribution is 2.50. The third kappa shape index (κ3) is 4.08. The fourth-order valence-corrected chi connectivity index (χ4v) is 4.93. The summed E-state index contributed by atoms with van der Waals surface area (Å²) in [6.45, 7) is 1.61. The average Bonchev–Trinajstić information content (AvgIpc) is 2.61. The number of hydrogen-bond acceptors (Lipinski definition) is 5. The van der Waals surface area contributed by atoms with Crippen molar-refractivity contribution in [2.24, 2.45) is 0 Å². The normalized spacial score (nSPS) is 18.8. The van der Waals surface area contributed by atoms with Crippen LogP contribution in [0.4, 0.5) is 10.1 Å². The van der Waals surface area contributed by atoms with Crippen molar-refractivity contribution in [3.05, 3.63) is 23.0 Å². The summed E-state index contributed by atoms with van der Waals surface area (Å²) in [6, 6.07) is 2.86. The van der Waals surface area contributed by atoms with Crippen LogP contribution < -0.4 is 10.7 Å². The minimum Gasteiger partial charge on any atom is -0.468 e. The van der Waals surface area contributed by atoms with Crippen LogP contribution in [0.2, 0.25) is 5.02 Å². The standard InChI is InChI=1S/C17H21ClFN3O2S2/c1-24-15(23)17(5-4-6-17)26-14-10-13(12(19)9-11(14)18)21-16(25)22-8-3-2-7-20-22/h9-10,20H,2-8H2,1H3,(H,21,25). The molecule has 0 bridgehead atoms. The first-order valence-corrected chi connectivity index (χ1v) is 10.1. The molecule has 1 aliphatic carbocycles. The molecule has 2 aliphatic rings. The van der Waals surface area contributed by atoms with Gasteiger partial charge in [0, 0.05) is 18.0 Å². The van der Waals surface area contributed by atoms with Crippen molar-refractivity contribution in [3.63, 3.8) is 0 Å². The van der Waals surface area contributed by atoms with Crippen molar-refractivity contribution in [2.75, 3.05) is 25.5 Å². The second kappa shape index (κ2) is 8.29. The van der Waals surface area contributed by atoms with Crippen molar-refractivity contribution in [1.29, 1.82) is 0 Å². The summed E-state index contributed by atoms with van der Waals surface area (Å²) in [5.74, 6) is -0.754. The van der Waals surface area contributed by atoms with E-state index in [9.17, 15) is 9.18 Å². The lowest BCUT2D eigenvalue weighted by Gasteiger charge is -2.38. The molecule has 2 N–H and O–H groups in total. The molecule has 0 atom stereocenters. The molecule has 142 valence electrons. The first kappa shape index (κ1) is 19.7. The van der Waals surface area contributed by atoms with Gasteiger partial charge in [0.05, 0.1) is 17.8 Å². The lowest BCUT2D eigenvalue weighted by molar-refractivity contribution is -0.145. The monoisotopic (exact) mass is 417 g/mol. The van der Waals surface area contributed by atoms with Crippen LogP contribution in [-0.4, -0.2) is 41.0 Å². The summed E-state index contributed by atoms with van der Waals surface area (Å²) < 4.78 is 18.7. The zero-order valence-electron chi connectivity index (χ0n) is 14.4. The maximum atomic E-state index is 14.4. The first-order chi connectivity index (χ1) is 12.4. The van der Waals surface area contributed by atoms with Crippen LogP contribution in [0.25, 0.3) is 0 Å². The van der Waals surface area contributed by atoms with Gasteiger partial charge >= 0.3 is 5.97 Å². The Balaban J connectivity index is 1.78. The van der Waals surface area contributed by atoms with Gasteiger partial charge in [-0.05, 0) is 56.5 Å². The lowest BCUT2D eigenvalue weighted by atomic mass is 9.84. The summed E-state index contributed by atoms with van der Waals surface area (Å²) in [5, 5.41) is 5.44. The number of nitrogens with one attached hydrogen (secondary N) is 2. The number of anilines is 1. The van der Waals surface area contributed by atoms with E-state index in [-0.39, 0.29) is 16.7 Å². The van der Waals surface area contributed by atoms with Crippen LogP contribution in [0.1, 0.15) is 32.1 Å². The van der Waals surface area contributed by atoms with Crippen molar-refractivity contribution < 1.29 is 13.9 Å². The maximum absolute atomic E-state index is 14.4. The van der Waals surface area contributed by atoms with E-state index in [0.717, 1.165) is 45.2 Å². The Morgan fingerprint density at radius 1 is 1.42 bits per heavy atom. The zero-order chi connectivity index (χ0) is 18.7. The molecule has 0 aromatic heterocycles. The Hall–Kier alpha value is -1.09. The van der Waals surface area contributed by atoms with Crippen LogP contribution in [-0.2, 0) is 9.53 Å². The van der Waals surface area contributed by atoms with Crippen LogP contribution in [0, 0.1) is 5.82 Å². The molecule has 1 saturated heterocycles. The quantitative estimate of drug-likeness (QED) is 0.568. The third-order valence-electron chi connectivity index (χ3n) is 4.64. The van der Waals surface area contributed by atoms with Crippen LogP contribution in [0.15, 0.2) is 17.0 Å². The molecule has 0 radical (unpaired) electrons. The SMILES string of the molecule is COC(=O)C1(Sc2cc(NC(=S)N3CCCCN3)c(F)cc2Cl)CCC1. The number of hydrogen-bond donors (Lipinski definition) is 2. The molecule has 26 heavy (non-hydrogen) atoms. The van der Waals surface area contributed by atoms with Crippen LogP contribution in [0.5, 0.6) is 0 Å². The van der Waals surface area contributed by atoms with E-state index in [4.69, 9.17) is 28.6 Å². The Bertz CT molecular complexity index is 709. The molecule has 0 unspecified atom stereocenters. The molecule has 0 spiro atoms. The van der Waals surface area contributed by atoms with E-state index >= 15 is 0 Å². The van der Waals surface area contributed by atoms with E-state index in [2.05, 4.69) is 10.7 Å². The summed E-state index contributed by atoms with van der Waals surface area (Å²) in [4.78, 5) is 12.8. The molecule has 1 saturated carbocycles. The molecular formula is C17H21ClFN3O2S2. The van der Waals surface area contributed by atoms with E-state index in [0.29, 0.717) is 10.0 Å². The van der Waals surface area contributed by atoms with Gasteiger partial charge in [0.2, 0.25) is 0 Å². The smallest absolute Gasteiger partial charge is 0.322 e. The van der Waals surface area contributed by atoms with Gasteiger partial charge in [0.25, 0.3) is 0 Å². The van der Waals surface area contributed by atoms with Gasteiger partial charge in [0.15, 0.2) is 5.11 Å². The largest absolute Gasteiger partial charge is 0.468 e. The summed E-state index contributed by atoms with van der Waals surface area (Å²) in [5.41, 5.74) is 3.42. The topological polar surface area (TPSA) is 53.6 Å². The van der Waals surface area contributed by atoms with Gasteiger partial charge in [-0.1, -0.05) is 11.6 Å². The average molecular weight is 418 g/mol. The number of ether oxygens (including phenoxy) is 1. The van der Waals surface area contributed by atoms with Gasteiger partial charge in [-0.25, -0.2) is 9.82 Å². The van der Waals surface area contributed by atoms with Gasteiger partial charge in [0.1, 0.15) is 10.6 Å². The van der Waals surface area contributed by atoms with Gasteiger partial charge in [-0.15, -0.1) is 11.8 Å². The molecule has 2 fully saturated rings. The molecule has 3 rings (SSSR count). The van der Waals surface area contributed by atoms with E-state index < -0.39 is 10.6 Å². The fraction of sp³-hybridized carbons (Fsp3) is 0.529. The highest BCUT2D eigenvalue weighted by Gasteiger charge is 2.46. The molecule has 0 amide bonds. The van der Waals surface area contributed by atoms with Crippen LogP contribution >= 0.6 is 35.6 Å². The van der Waals surface area contributed by atoms with E-state index in [1.807, 2.05) is 5.01 Å². The van der Waals surface area contributed by atoms with Crippen molar-refractivity contribution in [3.8, 4) is 0 Å². The second-order valence-corrected chi connectivity index (χ2v) is 8.62. The number of methoxy groups -OCH3 is 1. The predicted octanol–water partition coefficient (Wildman–Crippen LogP) is 3.96. The van der Waals surface area contributed by atoms with Gasteiger partial charge < -0.3 is 10.1 Å². The molecule has 1 aliphatic heterocycles. The number of carbonyl (C=O) groups is 1. The molecule has 1 heterocycles. The molecular weight excluding hydrogens is 397 g/mol. The molecule has 1 aromatic rings. The van der Waals surface area contributed by atoms with Crippen molar-refractivity contribution >= 4 is 52.3 Å². The predicted molar refractivity (Wildman–Crippen MR) is 106 cm³/mol. The maximum Gasteiger partial charge on any atom is 0.322 e. The zero-order valence-corrected chi connectivity index (χ0v) is 16.8. The number of hydrazine groups is 1. The number of carbonyl (C=O) groups excluding carboxylic acids is 1. The third-order valence-corrected chi connectivity index (χ3v) is 6.91. The van der Waals surface area contributed by atoms with Crippen LogP contribution in [0.3, 0.4) is 0 Å². The van der Waals surface area contributed by atoms with E-state index in [1.165, 1.54) is 24.9 Å². The lowest BCUT2D eigenvalue weighted by Crippen LogP contribution is -2.48. The Morgan fingerprint density at radius 2 is 2.19 bits per heavy atom. The number of benzene rings is 1. The molecule has 9 heteroatoms. The minimum atomic E-state index is -0.636. The summed E-state index contributed by atoms with van der Waals surface area (Å²) in [7, 11) is 1.38. The number of nitrogens with zero attached hydrogens (tertiary/aromatic N) is 1. The number of halogens is 2.